The van der Waals surface area contributed by atoms with Gasteiger partial charge in [0.15, 0.2) is 5.03 Å². The summed E-state index contributed by atoms with van der Waals surface area (Å²) in [5, 5.41) is 0.0661. The lowest BCUT2D eigenvalue weighted by atomic mass is 10.3. The number of sulfonamides is 1. The summed E-state index contributed by atoms with van der Waals surface area (Å²) in [5.41, 5.74) is 1.62. The Hall–Kier alpha value is -2.51. The van der Waals surface area contributed by atoms with Gasteiger partial charge in [0, 0.05) is 37.2 Å². The molecular weight excluding hydrogens is 324 g/mol. The maximum absolute atomic E-state index is 12.3. The van der Waals surface area contributed by atoms with E-state index in [1.54, 1.807) is 25.3 Å². The number of rotatable bonds is 6. The number of hydrogen-bond acceptors (Lipinski definition) is 4. The minimum Gasteiger partial charge on any atom is -0.304 e. The second-order valence-corrected chi connectivity index (χ2v) is 7.00. The highest BCUT2D eigenvalue weighted by Gasteiger charge is 2.17. The van der Waals surface area contributed by atoms with Gasteiger partial charge in [-0.15, -0.1) is 0 Å². The Morgan fingerprint density at radius 1 is 1.04 bits per heavy atom. The minimum absolute atomic E-state index is 0.0661. The van der Waals surface area contributed by atoms with Gasteiger partial charge >= 0.3 is 0 Å². The summed E-state index contributed by atoms with van der Waals surface area (Å²) in [7, 11) is -3.62. The Bertz CT molecular complexity index is 921. The van der Waals surface area contributed by atoms with Crippen molar-refractivity contribution in [2.24, 2.45) is 0 Å². The molecule has 0 radical (unpaired) electrons. The first kappa shape index (κ1) is 16.4. The van der Waals surface area contributed by atoms with Gasteiger partial charge in [0.2, 0.25) is 0 Å². The predicted molar refractivity (Wildman–Crippen MR) is 91.4 cm³/mol. The van der Waals surface area contributed by atoms with E-state index in [0.717, 1.165) is 11.5 Å². The Kier molecular flexibility index (Phi) is 4.73. The van der Waals surface area contributed by atoms with Gasteiger partial charge in [-0.25, -0.2) is 23.1 Å². The number of nitrogens with one attached hydrogen (secondary N) is 1. The largest absolute Gasteiger partial charge is 0.304 e. The van der Waals surface area contributed by atoms with E-state index in [-0.39, 0.29) is 11.6 Å². The number of imidazole rings is 1. The Morgan fingerprint density at radius 2 is 1.83 bits per heavy atom. The molecule has 0 unspecified atom stereocenters. The SMILES string of the molecule is Cc1cccnc1S(=O)(=O)NCCc1nccn1-c1ccccc1. The average Bonchev–Trinajstić information content (AvgIpc) is 3.04. The zero-order valence-corrected chi connectivity index (χ0v) is 14.1. The third-order valence-electron chi connectivity index (χ3n) is 3.61. The van der Waals surface area contributed by atoms with Crippen LogP contribution in [-0.2, 0) is 16.4 Å². The van der Waals surface area contributed by atoms with Crippen molar-refractivity contribution in [2.75, 3.05) is 6.54 Å². The Balaban J connectivity index is 1.70. The summed E-state index contributed by atoms with van der Waals surface area (Å²) in [6, 6.07) is 13.2. The summed E-state index contributed by atoms with van der Waals surface area (Å²) < 4.78 is 29.2. The first-order chi connectivity index (χ1) is 11.6. The van der Waals surface area contributed by atoms with Gasteiger partial charge in [-0.05, 0) is 30.7 Å². The molecule has 1 N–H and O–H groups in total. The molecule has 3 rings (SSSR count). The predicted octanol–water partition coefficient (Wildman–Crippen LogP) is 2.10. The van der Waals surface area contributed by atoms with E-state index in [9.17, 15) is 8.42 Å². The molecule has 7 heteroatoms. The number of aromatic nitrogens is 3. The number of pyridine rings is 1. The number of hydrogen-bond donors (Lipinski definition) is 1. The lowest BCUT2D eigenvalue weighted by molar-refractivity contribution is 0.576. The van der Waals surface area contributed by atoms with Gasteiger partial charge in [-0.3, -0.25) is 0 Å². The lowest BCUT2D eigenvalue weighted by Crippen LogP contribution is -2.28. The van der Waals surface area contributed by atoms with Crippen molar-refractivity contribution < 1.29 is 8.42 Å². The number of benzene rings is 1. The van der Waals surface area contributed by atoms with Gasteiger partial charge in [-0.1, -0.05) is 24.3 Å². The number of para-hydroxylation sites is 1. The van der Waals surface area contributed by atoms with E-state index in [1.807, 2.05) is 41.1 Å². The van der Waals surface area contributed by atoms with E-state index in [1.165, 1.54) is 6.20 Å². The molecule has 2 aromatic heterocycles. The number of nitrogens with zero attached hydrogens (tertiary/aromatic N) is 3. The van der Waals surface area contributed by atoms with Gasteiger partial charge in [0.1, 0.15) is 5.82 Å². The molecule has 0 atom stereocenters. The van der Waals surface area contributed by atoms with Crippen LogP contribution in [0.4, 0.5) is 0 Å². The normalized spacial score (nSPS) is 11.5. The molecule has 2 heterocycles. The van der Waals surface area contributed by atoms with Crippen molar-refractivity contribution in [1.29, 1.82) is 0 Å². The van der Waals surface area contributed by atoms with Crippen LogP contribution in [0.1, 0.15) is 11.4 Å². The molecule has 0 aliphatic heterocycles. The molecular formula is C17H18N4O2S. The highest BCUT2D eigenvalue weighted by atomic mass is 32.2. The molecule has 24 heavy (non-hydrogen) atoms. The molecule has 0 amide bonds. The smallest absolute Gasteiger partial charge is 0.258 e. The second-order valence-electron chi connectivity index (χ2n) is 5.32. The molecule has 0 bridgehead atoms. The van der Waals surface area contributed by atoms with Crippen molar-refractivity contribution in [3.8, 4) is 5.69 Å². The Morgan fingerprint density at radius 3 is 2.58 bits per heavy atom. The van der Waals surface area contributed by atoms with Crippen LogP contribution in [0.15, 0.2) is 66.1 Å². The van der Waals surface area contributed by atoms with E-state index < -0.39 is 10.0 Å². The summed E-state index contributed by atoms with van der Waals surface area (Å²) in [6.07, 6.45) is 5.53. The highest BCUT2D eigenvalue weighted by molar-refractivity contribution is 7.89. The molecule has 0 aliphatic carbocycles. The topological polar surface area (TPSA) is 76.9 Å². The van der Waals surface area contributed by atoms with Gasteiger partial charge in [0.25, 0.3) is 10.0 Å². The lowest BCUT2D eigenvalue weighted by Gasteiger charge is -2.10. The van der Waals surface area contributed by atoms with E-state index in [2.05, 4.69) is 14.7 Å². The molecule has 0 saturated heterocycles. The van der Waals surface area contributed by atoms with E-state index in [0.29, 0.717) is 12.0 Å². The molecule has 1 aromatic carbocycles. The minimum atomic E-state index is -3.62. The standard InChI is InChI=1S/C17H18N4O2S/c1-14-6-5-10-19-17(14)24(22,23)20-11-9-16-18-12-13-21(16)15-7-3-2-4-8-15/h2-8,10,12-13,20H,9,11H2,1H3. The van der Waals surface area contributed by atoms with Crippen LogP contribution < -0.4 is 4.72 Å². The van der Waals surface area contributed by atoms with Crippen LogP contribution in [0, 0.1) is 6.92 Å². The fraction of sp³-hybridized carbons (Fsp3) is 0.176. The summed E-state index contributed by atoms with van der Waals surface area (Å²) in [6.45, 7) is 1.98. The maximum atomic E-state index is 12.3. The van der Waals surface area contributed by atoms with Gasteiger partial charge < -0.3 is 4.57 Å². The van der Waals surface area contributed by atoms with Crippen molar-refractivity contribution in [3.63, 3.8) is 0 Å². The summed E-state index contributed by atoms with van der Waals surface area (Å²) in [5.74, 6) is 0.793. The average molecular weight is 342 g/mol. The zero-order valence-electron chi connectivity index (χ0n) is 13.3. The first-order valence-corrected chi connectivity index (χ1v) is 9.05. The Labute approximate surface area is 141 Å². The zero-order chi connectivity index (χ0) is 17.0. The summed E-state index contributed by atoms with van der Waals surface area (Å²) >= 11 is 0. The third-order valence-corrected chi connectivity index (χ3v) is 5.13. The van der Waals surface area contributed by atoms with E-state index in [4.69, 9.17) is 0 Å². The molecule has 124 valence electrons. The highest BCUT2D eigenvalue weighted by Crippen LogP contribution is 2.12. The van der Waals surface area contributed by atoms with Gasteiger partial charge in [0.05, 0.1) is 0 Å². The van der Waals surface area contributed by atoms with Crippen LogP contribution in [0.3, 0.4) is 0 Å². The fourth-order valence-electron chi connectivity index (χ4n) is 2.46. The monoisotopic (exact) mass is 342 g/mol. The van der Waals surface area contributed by atoms with Crippen LogP contribution in [0.2, 0.25) is 0 Å². The van der Waals surface area contributed by atoms with Gasteiger partial charge in [-0.2, -0.15) is 0 Å². The molecule has 0 aliphatic rings. The van der Waals surface area contributed by atoms with Crippen LogP contribution in [-0.4, -0.2) is 29.5 Å². The summed E-state index contributed by atoms with van der Waals surface area (Å²) in [4.78, 5) is 8.27. The van der Waals surface area contributed by atoms with Crippen LogP contribution in [0.25, 0.3) is 5.69 Å². The number of aryl methyl sites for hydroxylation is 1. The fourth-order valence-corrected chi connectivity index (χ4v) is 3.66. The quantitative estimate of drug-likeness (QED) is 0.744. The van der Waals surface area contributed by atoms with Crippen molar-refractivity contribution in [3.05, 3.63) is 72.4 Å². The molecule has 0 fully saturated rings. The third kappa shape index (κ3) is 3.52. The molecule has 3 aromatic rings. The van der Waals surface area contributed by atoms with Crippen LogP contribution >= 0.6 is 0 Å². The van der Waals surface area contributed by atoms with Crippen molar-refractivity contribution in [1.82, 2.24) is 19.3 Å². The molecule has 6 nitrogen and oxygen atoms in total. The first-order valence-electron chi connectivity index (χ1n) is 7.57. The van der Waals surface area contributed by atoms with E-state index >= 15 is 0 Å². The van der Waals surface area contributed by atoms with Crippen LogP contribution in [0.5, 0.6) is 0 Å². The maximum Gasteiger partial charge on any atom is 0.258 e. The van der Waals surface area contributed by atoms with Crippen molar-refractivity contribution in [2.45, 2.75) is 18.4 Å². The molecule has 0 saturated carbocycles. The van der Waals surface area contributed by atoms with Crippen molar-refractivity contribution >= 4 is 10.0 Å². The second kappa shape index (κ2) is 6.94. The molecule has 0 spiro atoms.